The van der Waals surface area contributed by atoms with Crippen molar-refractivity contribution in [2.24, 2.45) is 11.7 Å². The quantitative estimate of drug-likeness (QED) is 0.327. The third-order valence-corrected chi connectivity index (χ3v) is 7.03. The molecule has 0 saturated heterocycles. The number of nitrogens with zero attached hydrogens (tertiary/aromatic N) is 1. The number of hydrogen-bond acceptors (Lipinski definition) is 5. The van der Waals surface area contributed by atoms with Crippen molar-refractivity contribution < 1.29 is 19.4 Å². The molecule has 6 nitrogen and oxygen atoms in total. The molecule has 0 aliphatic carbocycles. The van der Waals surface area contributed by atoms with Gasteiger partial charge in [0.1, 0.15) is 0 Å². The number of carbonyl (C=O) groups excluding carboxylic acids is 1. The molecule has 0 saturated carbocycles. The van der Waals surface area contributed by atoms with E-state index in [4.69, 9.17) is 33.7 Å². The van der Waals surface area contributed by atoms with E-state index in [1.807, 2.05) is 44.2 Å². The Morgan fingerprint density at radius 1 is 1.15 bits per heavy atom. The van der Waals surface area contributed by atoms with Crippen LogP contribution in [0, 0.1) is 5.92 Å². The van der Waals surface area contributed by atoms with Crippen molar-refractivity contribution in [2.45, 2.75) is 26.3 Å². The number of nitrogens with two attached hydrogens (primary N) is 1. The van der Waals surface area contributed by atoms with E-state index in [0.717, 1.165) is 28.2 Å². The lowest BCUT2D eigenvalue weighted by Gasteiger charge is -2.34. The summed E-state index contributed by atoms with van der Waals surface area (Å²) in [5.74, 6) is -0.400. The maximum Gasteiger partial charge on any atom is 0.512 e. The number of ether oxygens (including phenoxy) is 1. The number of halogens is 2. The Balaban J connectivity index is 2.21. The van der Waals surface area contributed by atoms with Crippen LogP contribution in [-0.2, 0) is 0 Å². The van der Waals surface area contributed by atoms with Crippen molar-refractivity contribution in [1.29, 1.82) is 0 Å². The summed E-state index contributed by atoms with van der Waals surface area (Å²) < 4.78 is 5.12. The molecule has 2 atom stereocenters. The predicted molar refractivity (Wildman–Crippen MR) is 134 cm³/mol. The van der Waals surface area contributed by atoms with Gasteiger partial charge in [-0.05, 0) is 35.7 Å². The van der Waals surface area contributed by atoms with E-state index in [1.165, 1.54) is 11.0 Å². The van der Waals surface area contributed by atoms with Gasteiger partial charge in [0.2, 0.25) is 5.06 Å². The van der Waals surface area contributed by atoms with E-state index in [0.29, 0.717) is 10.7 Å². The first kappa shape index (κ1) is 25.1. The van der Waals surface area contributed by atoms with Gasteiger partial charge in [-0.25, -0.2) is 4.79 Å². The van der Waals surface area contributed by atoms with Crippen LogP contribution < -0.4 is 15.4 Å². The summed E-state index contributed by atoms with van der Waals surface area (Å²) in [7, 11) is 0. The van der Waals surface area contributed by atoms with Crippen LogP contribution in [-0.4, -0.2) is 29.8 Å². The third-order valence-electron chi connectivity index (χ3n) is 5.43. The Bertz CT molecular complexity index is 1140. The van der Waals surface area contributed by atoms with Crippen molar-refractivity contribution in [3.8, 4) is 15.5 Å². The van der Waals surface area contributed by atoms with Crippen LogP contribution in [0.25, 0.3) is 10.4 Å². The minimum absolute atomic E-state index is 0.0165. The molecule has 0 spiro atoms. The van der Waals surface area contributed by atoms with E-state index in [2.05, 4.69) is 0 Å². The van der Waals surface area contributed by atoms with Crippen LogP contribution in [0.2, 0.25) is 10.0 Å². The highest BCUT2D eigenvalue weighted by atomic mass is 35.5. The highest BCUT2D eigenvalue weighted by molar-refractivity contribution is 7.18. The minimum atomic E-state index is -1.47. The summed E-state index contributed by atoms with van der Waals surface area (Å²) in [6.07, 6.45) is -0.715. The van der Waals surface area contributed by atoms with Crippen molar-refractivity contribution in [2.75, 3.05) is 11.4 Å². The Hall–Kier alpha value is -2.58. The van der Waals surface area contributed by atoms with Crippen LogP contribution in [0.5, 0.6) is 5.06 Å². The zero-order chi connectivity index (χ0) is 24.1. The fourth-order valence-corrected chi connectivity index (χ4v) is 5.01. The summed E-state index contributed by atoms with van der Waals surface area (Å²) in [5, 5.41) is 10.0. The van der Waals surface area contributed by atoms with Crippen LogP contribution in [0.4, 0.5) is 10.5 Å². The third kappa shape index (κ3) is 5.68. The maximum atomic E-state index is 13.8. The highest BCUT2D eigenvalue weighted by Gasteiger charge is 2.34. The average Bonchev–Trinajstić information content (AvgIpc) is 3.19. The second-order valence-corrected chi connectivity index (χ2v) is 9.36. The molecule has 0 aliphatic heterocycles. The number of rotatable bonds is 8. The van der Waals surface area contributed by atoms with E-state index >= 15 is 0 Å². The number of carboxylic acid groups (broad SMARTS) is 1. The molecular weight excluding hydrogens is 483 g/mol. The van der Waals surface area contributed by atoms with Gasteiger partial charge in [-0.1, -0.05) is 85.1 Å². The number of anilines is 1. The molecule has 3 N–H and O–H groups in total. The fourth-order valence-electron chi connectivity index (χ4n) is 3.53. The normalized spacial score (nSPS) is 12.8. The van der Waals surface area contributed by atoms with Crippen molar-refractivity contribution in [3.63, 3.8) is 0 Å². The van der Waals surface area contributed by atoms with Crippen LogP contribution in [0.3, 0.4) is 0 Å². The van der Waals surface area contributed by atoms with Crippen molar-refractivity contribution >= 4 is 52.3 Å². The topological polar surface area (TPSA) is 92.9 Å². The molecule has 1 aromatic heterocycles. The lowest BCUT2D eigenvalue weighted by Crippen LogP contribution is -2.48. The molecule has 3 aromatic rings. The van der Waals surface area contributed by atoms with Gasteiger partial charge in [-0.15, -0.1) is 0 Å². The minimum Gasteiger partial charge on any atom is -0.449 e. The van der Waals surface area contributed by atoms with Crippen molar-refractivity contribution in [1.82, 2.24) is 0 Å². The van der Waals surface area contributed by atoms with E-state index in [9.17, 15) is 14.7 Å². The maximum absolute atomic E-state index is 13.8. The summed E-state index contributed by atoms with van der Waals surface area (Å²) in [4.78, 5) is 27.6. The molecular formula is C24H24Cl2N2O4S. The van der Waals surface area contributed by atoms with Gasteiger partial charge in [-0.2, -0.15) is 0 Å². The van der Waals surface area contributed by atoms with Crippen LogP contribution in [0.1, 0.15) is 30.6 Å². The summed E-state index contributed by atoms with van der Waals surface area (Å²) >= 11 is 13.5. The number of hydrogen-bond donors (Lipinski definition) is 2. The highest BCUT2D eigenvalue weighted by Crippen LogP contribution is 2.45. The Morgan fingerprint density at radius 3 is 2.42 bits per heavy atom. The molecule has 0 fully saturated rings. The molecule has 1 heterocycles. The van der Waals surface area contributed by atoms with Gasteiger partial charge >= 0.3 is 6.16 Å². The largest absolute Gasteiger partial charge is 0.512 e. The Morgan fingerprint density at radius 2 is 1.85 bits per heavy atom. The van der Waals surface area contributed by atoms with Gasteiger partial charge in [0.15, 0.2) is 0 Å². The summed E-state index contributed by atoms with van der Waals surface area (Å²) in [5.41, 5.74) is 7.56. The number of benzene rings is 2. The standard InChI is InChI=1S/C24H24Cl2N2O4S/c1-3-14(2)20(13-27)28(22(29)17-10-9-16(25)11-18(17)26)19-12-21(15-7-5-4-6-8-15)33-23(19)32-24(30)31/h4-12,14,20H,3,13,27H2,1-2H3,(H,30,31). The zero-order valence-corrected chi connectivity index (χ0v) is 20.5. The Labute approximate surface area is 206 Å². The molecule has 174 valence electrons. The average molecular weight is 507 g/mol. The number of amides is 1. The first-order valence-electron chi connectivity index (χ1n) is 10.4. The first-order valence-corrected chi connectivity index (χ1v) is 11.9. The van der Waals surface area contributed by atoms with E-state index < -0.39 is 18.1 Å². The molecule has 2 aromatic carbocycles. The van der Waals surface area contributed by atoms with Gasteiger partial charge < -0.3 is 15.6 Å². The second-order valence-electron chi connectivity index (χ2n) is 7.51. The fraction of sp³-hybridized carbons (Fsp3) is 0.250. The number of carbonyl (C=O) groups is 2. The monoisotopic (exact) mass is 506 g/mol. The van der Waals surface area contributed by atoms with Crippen molar-refractivity contribution in [3.05, 3.63) is 70.2 Å². The molecule has 3 rings (SSSR count). The molecule has 2 unspecified atom stereocenters. The molecule has 0 bridgehead atoms. The SMILES string of the molecule is CCC(C)C(CN)N(C(=O)c1ccc(Cl)cc1Cl)c1cc(-c2ccccc2)sc1OC(=O)O. The summed E-state index contributed by atoms with van der Waals surface area (Å²) in [6, 6.07) is 15.4. The van der Waals surface area contributed by atoms with E-state index in [1.54, 1.807) is 18.2 Å². The van der Waals surface area contributed by atoms with E-state index in [-0.39, 0.29) is 28.1 Å². The molecule has 9 heteroatoms. The van der Waals surface area contributed by atoms with Crippen LogP contribution in [0.15, 0.2) is 54.6 Å². The molecule has 1 amide bonds. The number of thiophene rings is 1. The second kappa shape index (κ2) is 11.0. The van der Waals surface area contributed by atoms with Gasteiger partial charge in [-0.3, -0.25) is 9.69 Å². The van der Waals surface area contributed by atoms with Crippen LogP contribution >= 0.6 is 34.5 Å². The first-order chi connectivity index (χ1) is 15.8. The predicted octanol–water partition coefficient (Wildman–Crippen LogP) is 6.80. The molecule has 0 aliphatic rings. The lowest BCUT2D eigenvalue weighted by molar-refractivity contribution is 0.0967. The molecule has 33 heavy (non-hydrogen) atoms. The van der Waals surface area contributed by atoms with Gasteiger partial charge in [0, 0.05) is 16.4 Å². The van der Waals surface area contributed by atoms with Gasteiger partial charge in [0.05, 0.1) is 22.3 Å². The Kier molecular flexibility index (Phi) is 8.37. The lowest BCUT2D eigenvalue weighted by atomic mass is 9.96. The van der Waals surface area contributed by atoms with Gasteiger partial charge in [0.25, 0.3) is 5.91 Å². The zero-order valence-electron chi connectivity index (χ0n) is 18.1. The summed E-state index contributed by atoms with van der Waals surface area (Å²) in [6.45, 7) is 4.15. The molecule has 0 radical (unpaired) electrons. The smallest absolute Gasteiger partial charge is 0.449 e.